The fourth-order valence-corrected chi connectivity index (χ4v) is 3.00. The maximum absolute atomic E-state index is 12.2. The van der Waals surface area contributed by atoms with Crippen LogP contribution < -0.4 is 9.47 Å². The van der Waals surface area contributed by atoms with Crippen LogP contribution in [-0.2, 0) is 19.0 Å². The van der Waals surface area contributed by atoms with Crippen LogP contribution in [0.2, 0.25) is 0 Å². The fourth-order valence-electron chi connectivity index (χ4n) is 2.62. The first-order valence-electron chi connectivity index (χ1n) is 7.41. The number of hydrogen-bond acceptors (Lipinski definition) is 7. The summed E-state index contributed by atoms with van der Waals surface area (Å²) in [4.78, 5) is 13.6. The molecule has 0 saturated carbocycles. The van der Waals surface area contributed by atoms with Crippen molar-refractivity contribution < 1.29 is 31.6 Å². The van der Waals surface area contributed by atoms with Crippen molar-refractivity contribution in [2.24, 2.45) is 0 Å². The molecule has 8 nitrogen and oxygen atoms in total. The molecule has 0 unspecified atom stereocenters. The van der Waals surface area contributed by atoms with E-state index in [2.05, 4.69) is 0 Å². The Hall–Kier alpha value is -2.26. The smallest absolute Gasteiger partial charge is 0.410 e. The van der Waals surface area contributed by atoms with E-state index in [0.717, 1.165) is 11.8 Å². The Bertz CT molecular complexity index is 760. The van der Waals surface area contributed by atoms with Gasteiger partial charge in [0, 0.05) is 0 Å². The number of amides is 1. The van der Waals surface area contributed by atoms with Crippen LogP contribution in [0.5, 0.6) is 11.5 Å². The molecule has 0 aromatic heterocycles. The van der Waals surface area contributed by atoms with Gasteiger partial charge in [0.2, 0.25) is 0 Å². The zero-order valence-electron chi connectivity index (χ0n) is 14.5. The molecule has 1 amide bonds. The number of methoxy groups -OCH3 is 3. The highest BCUT2D eigenvalue weighted by Gasteiger charge is 2.35. The summed E-state index contributed by atoms with van der Waals surface area (Å²) in [7, 11) is 0.701. The summed E-state index contributed by atoms with van der Waals surface area (Å²) in [6.45, 7) is -0.186. The largest absolute Gasteiger partial charge is 0.493 e. The quantitative estimate of drug-likeness (QED) is 0.555. The Morgan fingerprint density at radius 3 is 2.36 bits per heavy atom. The maximum Gasteiger partial charge on any atom is 0.410 e. The standard InChI is InChI=1S/C16H21NO7S/c1-21-14-8-5-11(9-15(14)22-2)13-7-6-12(10-24-25(4,19)20)17(13)16(18)23-3/h5-9,12-13H,10H2,1-4H3/t12-,13-/m0/s1. The van der Waals surface area contributed by atoms with Crippen molar-refractivity contribution in [1.82, 2.24) is 4.90 Å². The van der Waals surface area contributed by atoms with Gasteiger partial charge in [-0.2, -0.15) is 8.42 Å². The minimum atomic E-state index is -3.62. The zero-order valence-corrected chi connectivity index (χ0v) is 15.3. The second-order valence-electron chi connectivity index (χ2n) is 5.38. The Labute approximate surface area is 147 Å². The lowest BCUT2D eigenvalue weighted by Gasteiger charge is -2.29. The molecule has 1 aromatic carbocycles. The van der Waals surface area contributed by atoms with E-state index in [0.29, 0.717) is 11.5 Å². The summed E-state index contributed by atoms with van der Waals surface area (Å²) < 4.78 is 42.6. The first-order chi connectivity index (χ1) is 11.8. The van der Waals surface area contributed by atoms with Gasteiger partial charge in [-0.25, -0.2) is 4.79 Å². The SMILES string of the molecule is COC(=O)N1[C@H](COS(C)(=O)=O)C=C[C@H]1c1ccc(OC)c(OC)c1. The van der Waals surface area contributed by atoms with Gasteiger partial charge < -0.3 is 14.2 Å². The van der Waals surface area contributed by atoms with Crippen LogP contribution in [0.25, 0.3) is 0 Å². The van der Waals surface area contributed by atoms with Crippen molar-refractivity contribution in [3.8, 4) is 11.5 Å². The van der Waals surface area contributed by atoms with Crippen LogP contribution in [0.3, 0.4) is 0 Å². The molecule has 0 fully saturated rings. The van der Waals surface area contributed by atoms with Crippen molar-refractivity contribution in [3.63, 3.8) is 0 Å². The highest BCUT2D eigenvalue weighted by molar-refractivity contribution is 7.85. The predicted molar refractivity (Wildman–Crippen MR) is 90.3 cm³/mol. The minimum absolute atomic E-state index is 0.186. The van der Waals surface area contributed by atoms with E-state index in [-0.39, 0.29) is 6.61 Å². The van der Waals surface area contributed by atoms with Crippen molar-refractivity contribution in [2.75, 3.05) is 34.2 Å². The van der Waals surface area contributed by atoms with Crippen LogP contribution in [0.4, 0.5) is 4.79 Å². The van der Waals surface area contributed by atoms with Gasteiger partial charge in [-0.05, 0) is 17.7 Å². The summed E-state index contributed by atoms with van der Waals surface area (Å²) in [5, 5.41) is 0. The van der Waals surface area contributed by atoms with Gasteiger partial charge in [0.05, 0.1) is 46.3 Å². The first kappa shape index (κ1) is 19.1. The van der Waals surface area contributed by atoms with E-state index in [1.807, 2.05) is 0 Å². The van der Waals surface area contributed by atoms with E-state index in [9.17, 15) is 13.2 Å². The summed E-state index contributed by atoms with van der Waals surface area (Å²) in [5.41, 5.74) is 0.765. The molecule has 0 aliphatic carbocycles. The lowest BCUT2D eigenvalue weighted by molar-refractivity contribution is 0.0950. The summed E-state index contributed by atoms with van der Waals surface area (Å²) >= 11 is 0. The summed E-state index contributed by atoms with van der Waals surface area (Å²) in [6.07, 6.45) is 3.87. The third-order valence-electron chi connectivity index (χ3n) is 3.76. The summed E-state index contributed by atoms with van der Waals surface area (Å²) in [6, 6.07) is 4.27. The third-order valence-corrected chi connectivity index (χ3v) is 4.32. The maximum atomic E-state index is 12.2. The number of nitrogens with zero attached hydrogens (tertiary/aromatic N) is 1. The number of hydrogen-bond donors (Lipinski definition) is 0. The molecule has 2 rings (SSSR count). The average molecular weight is 371 g/mol. The molecule has 0 N–H and O–H groups in total. The van der Waals surface area contributed by atoms with Crippen molar-refractivity contribution in [2.45, 2.75) is 12.1 Å². The predicted octanol–water partition coefficient (Wildman–Crippen LogP) is 1.73. The van der Waals surface area contributed by atoms with Gasteiger partial charge in [0.25, 0.3) is 10.1 Å². The minimum Gasteiger partial charge on any atom is -0.493 e. The van der Waals surface area contributed by atoms with Crippen molar-refractivity contribution >= 4 is 16.2 Å². The van der Waals surface area contributed by atoms with Gasteiger partial charge in [-0.15, -0.1) is 0 Å². The van der Waals surface area contributed by atoms with Crippen molar-refractivity contribution in [1.29, 1.82) is 0 Å². The molecule has 2 atom stereocenters. The van der Waals surface area contributed by atoms with E-state index in [4.69, 9.17) is 18.4 Å². The monoisotopic (exact) mass is 371 g/mol. The van der Waals surface area contributed by atoms with Gasteiger partial charge in [0.15, 0.2) is 11.5 Å². The lowest BCUT2D eigenvalue weighted by Crippen LogP contribution is -2.40. The summed E-state index contributed by atoms with van der Waals surface area (Å²) in [5.74, 6) is 1.09. The second kappa shape index (κ2) is 7.75. The average Bonchev–Trinajstić information content (AvgIpc) is 3.02. The Kier molecular flexibility index (Phi) is 5.91. The van der Waals surface area contributed by atoms with Crippen LogP contribution in [0, 0.1) is 0 Å². The fraction of sp³-hybridized carbons (Fsp3) is 0.438. The Balaban J connectivity index is 2.30. The molecule has 25 heavy (non-hydrogen) atoms. The Morgan fingerprint density at radius 2 is 1.80 bits per heavy atom. The molecular formula is C16H21NO7S. The highest BCUT2D eigenvalue weighted by Crippen LogP contribution is 2.36. The molecule has 9 heteroatoms. The van der Waals surface area contributed by atoms with Crippen LogP contribution in [0.1, 0.15) is 11.6 Å². The molecular weight excluding hydrogens is 350 g/mol. The number of carbonyl (C=O) groups is 1. The molecule has 1 aromatic rings. The van der Waals surface area contributed by atoms with Gasteiger partial charge in [0.1, 0.15) is 0 Å². The molecule has 138 valence electrons. The van der Waals surface area contributed by atoms with E-state index in [1.165, 1.54) is 26.2 Å². The molecule has 1 heterocycles. The van der Waals surface area contributed by atoms with E-state index in [1.54, 1.807) is 30.4 Å². The van der Waals surface area contributed by atoms with Gasteiger partial charge >= 0.3 is 6.09 Å². The van der Waals surface area contributed by atoms with Gasteiger partial charge in [-0.3, -0.25) is 9.08 Å². The first-order valence-corrected chi connectivity index (χ1v) is 9.23. The zero-order chi connectivity index (χ0) is 18.6. The van der Waals surface area contributed by atoms with Crippen molar-refractivity contribution in [3.05, 3.63) is 35.9 Å². The van der Waals surface area contributed by atoms with Crippen LogP contribution >= 0.6 is 0 Å². The third kappa shape index (κ3) is 4.43. The van der Waals surface area contributed by atoms with E-state index < -0.39 is 28.3 Å². The molecule has 0 spiro atoms. The molecule has 0 bridgehead atoms. The highest BCUT2D eigenvalue weighted by atomic mass is 32.2. The number of rotatable bonds is 6. The Morgan fingerprint density at radius 1 is 1.12 bits per heavy atom. The van der Waals surface area contributed by atoms with Crippen LogP contribution in [0.15, 0.2) is 30.4 Å². The van der Waals surface area contributed by atoms with Gasteiger partial charge in [-0.1, -0.05) is 18.2 Å². The van der Waals surface area contributed by atoms with Crippen LogP contribution in [-0.4, -0.2) is 59.6 Å². The molecule has 0 saturated heterocycles. The van der Waals surface area contributed by atoms with E-state index >= 15 is 0 Å². The molecule has 1 aliphatic rings. The number of ether oxygens (including phenoxy) is 3. The lowest BCUT2D eigenvalue weighted by atomic mass is 10.1. The topological polar surface area (TPSA) is 91.4 Å². The normalized spacial score (nSPS) is 19.8. The molecule has 0 radical (unpaired) electrons. The second-order valence-corrected chi connectivity index (χ2v) is 7.02. The molecule has 1 aliphatic heterocycles. The number of benzene rings is 1. The number of carbonyl (C=O) groups excluding carboxylic acids is 1.